The number of nitrogens with one attached hydrogen (secondary N) is 1. The van der Waals surface area contributed by atoms with E-state index in [0.717, 1.165) is 12.2 Å². The summed E-state index contributed by atoms with van der Waals surface area (Å²) >= 11 is 0. The predicted molar refractivity (Wildman–Crippen MR) is 84.6 cm³/mol. The highest BCUT2D eigenvalue weighted by Crippen LogP contribution is 2.13. The first-order valence-electron chi connectivity index (χ1n) is 7.71. The Morgan fingerprint density at radius 2 is 1.86 bits per heavy atom. The number of esters is 1. The van der Waals surface area contributed by atoms with Crippen molar-refractivity contribution in [3.63, 3.8) is 0 Å². The normalized spacial score (nSPS) is 12.2. The lowest BCUT2D eigenvalue weighted by atomic mass is 10.1. The van der Waals surface area contributed by atoms with E-state index in [1.54, 1.807) is 0 Å². The lowest BCUT2D eigenvalue weighted by molar-refractivity contribution is -0.146. The third-order valence-corrected chi connectivity index (χ3v) is 3.11. The van der Waals surface area contributed by atoms with Crippen molar-refractivity contribution in [1.82, 2.24) is 5.32 Å². The van der Waals surface area contributed by atoms with Crippen LogP contribution in [-0.4, -0.2) is 31.3 Å². The molecule has 0 heterocycles. The van der Waals surface area contributed by atoms with E-state index in [4.69, 9.17) is 9.47 Å². The van der Waals surface area contributed by atoms with Gasteiger partial charge in [-0.05, 0) is 31.0 Å². The summed E-state index contributed by atoms with van der Waals surface area (Å²) in [7, 11) is 0. The molecule has 0 saturated heterocycles. The number of rotatable bonds is 9. The van der Waals surface area contributed by atoms with E-state index in [2.05, 4.69) is 24.4 Å². The van der Waals surface area contributed by atoms with E-state index in [0.29, 0.717) is 19.6 Å². The van der Waals surface area contributed by atoms with Gasteiger partial charge in [0.1, 0.15) is 11.8 Å². The van der Waals surface area contributed by atoms with Crippen LogP contribution < -0.4 is 10.1 Å². The maximum absolute atomic E-state index is 11.9. The van der Waals surface area contributed by atoms with Crippen LogP contribution in [0.25, 0.3) is 0 Å². The summed E-state index contributed by atoms with van der Waals surface area (Å²) in [6.45, 7) is 8.84. The molecule has 1 atom stereocenters. The topological polar surface area (TPSA) is 47.6 Å². The second kappa shape index (κ2) is 9.40. The molecular formula is C17H27NO3. The average molecular weight is 293 g/mol. The quantitative estimate of drug-likeness (QED) is 0.711. The standard InChI is InChI=1S/C17H27NO3/c1-5-14-7-9-15(10-8-14)21-12-11-16(18-13(3)4)17(19)20-6-2/h7-10,13,16,18H,5-6,11-12H2,1-4H3. The number of hydrogen-bond acceptors (Lipinski definition) is 4. The predicted octanol–water partition coefficient (Wildman–Crippen LogP) is 2.95. The zero-order chi connectivity index (χ0) is 15.7. The van der Waals surface area contributed by atoms with Gasteiger partial charge in [-0.1, -0.05) is 32.9 Å². The van der Waals surface area contributed by atoms with E-state index in [9.17, 15) is 4.79 Å². The molecule has 1 aromatic carbocycles. The highest BCUT2D eigenvalue weighted by molar-refractivity contribution is 5.75. The van der Waals surface area contributed by atoms with Gasteiger partial charge in [-0.25, -0.2) is 0 Å². The van der Waals surface area contributed by atoms with E-state index in [1.165, 1.54) is 5.56 Å². The lowest BCUT2D eigenvalue weighted by Gasteiger charge is -2.19. The Hall–Kier alpha value is -1.55. The average Bonchev–Trinajstić information content (AvgIpc) is 2.46. The van der Waals surface area contributed by atoms with E-state index in [-0.39, 0.29) is 18.1 Å². The zero-order valence-corrected chi connectivity index (χ0v) is 13.5. The van der Waals surface area contributed by atoms with Gasteiger partial charge in [0.15, 0.2) is 0 Å². The summed E-state index contributed by atoms with van der Waals surface area (Å²) in [5.74, 6) is 0.621. The van der Waals surface area contributed by atoms with Gasteiger partial charge >= 0.3 is 5.97 Å². The number of benzene rings is 1. The fraction of sp³-hybridized carbons (Fsp3) is 0.588. The number of aryl methyl sites for hydroxylation is 1. The Labute approximate surface area is 127 Å². The molecule has 4 heteroatoms. The molecule has 0 aliphatic rings. The summed E-state index contributed by atoms with van der Waals surface area (Å²) in [4.78, 5) is 11.9. The van der Waals surface area contributed by atoms with Crippen molar-refractivity contribution in [2.45, 2.75) is 52.6 Å². The number of carbonyl (C=O) groups excluding carboxylic acids is 1. The summed E-state index contributed by atoms with van der Waals surface area (Å²) in [6, 6.07) is 7.96. The fourth-order valence-corrected chi connectivity index (χ4v) is 2.03. The van der Waals surface area contributed by atoms with Crippen molar-refractivity contribution >= 4 is 5.97 Å². The Morgan fingerprint density at radius 1 is 1.19 bits per heavy atom. The minimum atomic E-state index is -0.320. The largest absolute Gasteiger partial charge is 0.494 e. The molecule has 0 bridgehead atoms. The van der Waals surface area contributed by atoms with Gasteiger partial charge in [-0.15, -0.1) is 0 Å². The van der Waals surface area contributed by atoms with Gasteiger partial charge < -0.3 is 14.8 Å². The minimum absolute atomic E-state index is 0.212. The van der Waals surface area contributed by atoms with Crippen LogP contribution in [0, 0.1) is 0 Å². The highest BCUT2D eigenvalue weighted by Gasteiger charge is 2.20. The molecule has 1 unspecified atom stereocenters. The van der Waals surface area contributed by atoms with Gasteiger partial charge in [0.25, 0.3) is 0 Å². The smallest absolute Gasteiger partial charge is 0.323 e. The van der Waals surface area contributed by atoms with Gasteiger partial charge in [-0.2, -0.15) is 0 Å². The molecule has 21 heavy (non-hydrogen) atoms. The van der Waals surface area contributed by atoms with Crippen molar-refractivity contribution in [3.8, 4) is 5.75 Å². The van der Waals surface area contributed by atoms with Crippen LogP contribution in [-0.2, 0) is 16.0 Å². The van der Waals surface area contributed by atoms with E-state index < -0.39 is 0 Å². The van der Waals surface area contributed by atoms with Gasteiger partial charge in [0, 0.05) is 12.5 Å². The summed E-state index contributed by atoms with van der Waals surface area (Å²) < 4.78 is 10.8. The number of hydrogen-bond donors (Lipinski definition) is 1. The minimum Gasteiger partial charge on any atom is -0.494 e. The second-order valence-electron chi connectivity index (χ2n) is 5.26. The Balaban J connectivity index is 2.46. The lowest BCUT2D eigenvalue weighted by Crippen LogP contribution is -2.42. The van der Waals surface area contributed by atoms with Crippen molar-refractivity contribution < 1.29 is 14.3 Å². The first-order valence-corrected chi connectivity index (χ1v) is 7.71. The molecule has 4 nitrogen and oxygen atoms in total. The van der Waals surface area contributed by atoms with Crippen molar-refractivity contribution in [2.75, 3.05) is 13.2 Å². The molecular weight excluding hydrogens is 266 g/mol. The zero-order valence-electron chi connectivity index (χ0n) is 13.5. The molecule has 0 saturated carbocycles. The fourth-order valence-electron chi connectivity index (χ4n) is 2.03. The Bertz CT molecular complexity index is 415. The molecule has 0 radical (unpaired) electrons. The third-order valence-electron chi connectivity index (χ3n) is 3.11. The van der Waals surface area contributed by atoms with Gasteiger partial charge in [0.2, 0.25) is 0 Å². The van der Waals surface area contributed by atoms with Crippen LogP contribution in [0.2, 0.25) is 0 Å². The number of carbonyl (C=O) groups is 1. The second-order valence-corrected chi connectivity index (χ2v) is 5.26. The first-order chi connectivity index (χ1) is 10.1. The summed E-state index contributed by atoms with van der Waals surface area (Å²) in [5.41, 5.74) is 1.29. The van der Waals surface area contributed by atoms with Crippen LogP contribution in [0.1, 0.15) is 39.7 Å². The summed E-state index contributed by atoms with van der Waals surface area (Å²) in [5, 5.41) is 3.21. The van der Waals surface area contributed by atoms with Gasteiger partial charge in [-0.3, -0.25) is 4.79 Å². The maximum atomic E-state index is 11.9. The molecule has 1 aromatic rings. The Kier molecular flexibility index (Phi) is 7.83. The molecule has 1 rings (SSSR count). The monoisotopic (exact) mass is 293 g/mol. The van der Waals surface area contributed by atoms with E-state index in [1.807, 2.05) is 32.9 Å². The van der Waals surface area contributed by atoms with Crippen LogP contribution >= 0.6 is 0 Å². The molecule has 0 aliphatic heterocycles. The third kappa shape index (κ3) is 6.63. The molecule has 1 N–H and O–H groups in total. The molecule has 0 aromatic heterocycles. The molecule has 0 amide bonds. The van der Waals surface area contributed by atoms with Crippen LogP contribution in [0.4, 0.5) is 0 Å². The summed E-state index contributed by atoms with van der Waals surface area (Å²) in [6.07, 6.45) is 1.61. The highest BCUT2D eigenvalue weighted by atomic mass is 16.5. The maximum Gasteiger partial charge on any atom is 0.323 e. The van der Waals surface area contributed by atoms with Crippen LogP contribution in [0.15, 0.2) is 24.3 Å². The van der Waals surface area contributed by atoms with E-state index >= 15 is 0 Å². The molecule has 0 fully saturated rings. The molecule has 0 aliphatic carbocycles. The van der Waals surface area contributed by atoms with Crippen LogP contribution in [0.5, 0.6) is 5.75 Å². The van der Waals surface area contributed by atoms with Crippen molar-refractivity contribution in [1.29, 1.82) is 0 Å². The van der Waals surface area contributed by atoms with Crippen molar-refractivity contribution in [3.05, 3.63) is 29.8 Å². The van der Waals surface area contributed by atoms with Crippen molar-refractivity contribution in [2.24, 2.45) is 0 Å². The first kappa shape index (κ1) is 17.5. The van der Waals surface area contributed by atoms with Gasteiger partial charge in [0.05, 0.1) is 13.2 Å². The Morgan fingerprint density at radius 3 is 2.38 bits per heavy atom. The molecule has 118 valence electrons. The van der Waals surface area contributed by atoms with Crippen LogP contribution in [0.3, 0.4) is 0 Å². The SMILES string of the molecule is CCOC(=O)C(CCOc1ccc(CC)cc1)NC(C)C. The number of ether oxygens (including phenoxy) is 2. The molecule has 0 spiro atoms.